The molecule has 1 fully saturated rings. The van der Waals surface area contributed by atoms with Gasteiger partial charge in [-0.1, -0.05) is 42.5 Å². The highest BCUT2D eigenvalue weighted by molar-refractivity contribution is 5.90. The summed E-state index contributed by atoms with van der Waals surface area (Å²) in [6.07, 6.45) is 0.964. The first-order chi connectivity index (χ1) is 10.2. The molecule has 1 aliphatic rings. The molecule has 0 amide bonds. The molecule has 0 aliphatic carbocycles. The van der Waals surface area contributed by atoms with E-state index in [2.05, 4.69) is 0 Å². The normalized spacial score (nSPS) is 18.7. The Balaban J connectivity index is 2.02. The Bertz CT molecular complexity index is 642. The van der Waals surface area contributed by atoms with Crippen molar-refractivity contribution in [1.82, 2.24) is 4.90 Å². The fourth-order valence-electron chi connectivity index (χ4n) is 3.12. The zero-order valence-corrected chi connectivity index (χ0v) is 11.8. The smallest absolute Gasteiger partial charge is 0.325 e. The fraction of sp³-hybridized carbons (Fsp3) is 0.353. The Labute approximate surface area is 123 Å². The van der Waals surface area contributed by atoms with Gasteiger partial charge in [-0.25, -0.2) is 0 Å². The highest BCUT2D eigenvalue weighted by Crippen LogP contribution is 2.30. The van der Waals surface area contributed by atoms with Crippen LogP contribution in [0.2, 0.25) is 0 Å². The van der Waals surface area contributed by atoms with E-state index < -0.39 is 12.0 Å². The molecular formula is C17H19NO3. The standard InChI is InChI=1S/C17H19NO3/c19-13-8-10-18(11-9-13)16(17(20)21)15-7-3-5-12-4-1-2-6-14(12)15/h1-7,13,16,19H,8-11H2,(H,20,21). The van der Waals surface area contributed by atoms with Gasteiger partial charge in [0.05, 0.1) is 6.10 Å². The van der Waals surface area contributed by atoms with E-state index in [1.807, 2.05) is 47.4 Å². The number of piperidine rings is 1. The number of aliphatic carboxylic acids is 1. The third-order valence-corrected chi connectivity index (χ3v) is 4.22. The van der Waals surface area contributed by atoms with E-state index in [1.54, 1.807) is 0 Å². The zero-order chi connectivity index (χ0) is 14.8. The van der Waals surface area contributed by atoms with E-state index in [0.717, 1.165) is 16.3 Å². The zero-order valence-electron chi connectivity index (χ0n) is 11.8. The van der Waals surface area contributed by atoms with Crippen molar-refractivity contribution in [2.24, 2.45) is 0 Å². The molecule has 21 heavy (non-hydrogen) atoms. The second-order valence-electron chi connectivity index (χ2n) is 5.58. The number of aliphatic hydroxyl groups excluding tert-OH is 1. The van der Waals surface area contributed by atoms with Crippen LogP contribution in [0.1, 0.15) is 24.4 Å². The van der Waals surface area contributed by atoms with E-state index in [-0.39, 0.29) is 6.10 Å². The number of hydrogen-bond acceptors (Lipinski definition) is 3. The Morgan fingerprint density at radius 3 is 2.48 bits per heavy atom. The van der Waals surface area contributed by atoms with Crippen LogP contribution in [0.4, 0.5) is 0 Å². The number of carboxylic acids is 1. The number of hydrogen-bond donors (Lipinski definition) is 2. The molecule has 1 saturated heterocycles. The maximum absolute atomic E-state index is 11.8. The summed E-state index contributed by atoms with van der Waals surface area (Å²) in [7, 11) is 0. The number of rotatable bonds is 3. The van der Waals surface area contributed by atoms with Crippen LogP contribution in [-0.2, 0) is 4.79 Å². The Morgan fingerprint density at radius 1 is 1.10 bits per heavy atom. The summed E-state index contributed by atoms with van der Waals surface area (Å²) in [6.45, 7) is 1.22. The molecule has 4 nitrogen and oxygen atoms in total. The molecule has 0 radical (unpaired) electrons. The third kappa shape index (κ3) is 2.77. The molecule has 0 saturated carbocycles. The summed E-state index contributed by atoms with van der Waals surface area (Å²) in [4.78, 5) is 13.8. The van der Waals surface area contributed by atoms with Crippen molar-refractivity contribution in [1.29, 1.82) is 0 Å². The molecule has 1 unspecified atom stereocenters. The van der Waals surface area contributed by atoms with Crippen LogP contribution < -0.4 is 0 Å². The van der Waals surface area contributed by atoms with Crippen LogP contribution in [0.3, 0.4) is 0 Å². The van der Waals surface area contributed by atoms with Gasteiger partial charge in [-0.2, -0.15) is 0 Å². The molecule has 2 N–H and O–H groups in total. The Kier molecular flexibility index (Phi) is 3.90. The average Bonchev–Trinajstić information content (AvgIpc) is 2.49. The van der Waals surface area contributed by atoms with Crippen molar-refractivity contribution in [2.75, 3.05) is 13.1 Å². The van der Waals surface area contributed by atoms with Crippen molar-refractivity contribution in [3.8, 4) is 0 Å². The molecule has 0 bridgehead atoms. The molecule has 1 heterocycles. The van der Waals surface area contributed by atoms with Crippen molar-refractivity contribution >= 4 is 16.7 Å². The van der Waals surface area contributed by atoms with E-state index >= 15 is 0 Å². The van der Waals surface area contributed by atoms with Gasteiger partial charge in [0.2, 0.25) is 0 Å². The minimum Gasteiger partial charge on any atom is -0.480 e. The van der Waals surface area contributed by atoms with Crippen molar-refractivity contribution in [3.05, 3.63) is 48.0 Å². The highest BCUT2D eigenvalue weighted by Gasteiger charge is 2.31. The van der Waals surface area contributed by atoms with E-state index in [9.17, 15) is 15.0 Å². The number of carbonyl (C=O) groups is 1. The van der Waals surface area contributed by atoms with Crippen LogP contribution in [0.15, 0.2) is 42.5 Å². The highest BCUT2D eigenvalue weighted by atomic mass is 16.4. The van der Waals surface area contributed by atoms with E-state index in [4.69, 9.17) is 0 Å². The molecule has 0 aromatic heterocycles. The number of carboxylic acid groups (broad SMARTS) is 1. The first-order valence-corrected chi connectivity index (χ1v) is 7.29. The van der Waals surface area contributed by atoms with Crippen LogP contribution in [0, 0.1) is 0 Å². The Hall–Kier alpha value is -1.91. The van der Waals surface area contributed by atoms with Gasteiger partial charge in [-0.15, -0.1) is 0 Å². The number of nitrogens with zero attached hydrogens (tertiary/aromatic N) is 1. The van der Waals surface area contributed by atoms with Crippen LogP contribution in [0.25, 0.3) is 10.8 Å². The maximum Gasteiger partial charge on any atom is 0.325 e. The van der Waals surface area contributed by atoms with E-state index in [0.29, 0.717) is 25.9 Å². The lowest BCUT2D eigenvalue weighted by Crippen LogP contribution is -2.41. The third-order valence-electron chi connectivity index (χ3n) is 4.22. The molecule has 110 valence electrons. The number of likely N-dealkylation sites (tertiary alicyclic amines) is 1. The second kappa shape index (κ2) is 5.84. The molecule has 1 aliphatic heterocycles. The van der Waals surface area contributed by atoms with Crippen molar-refractivity contribution < 1.29 is 15.0 Å². The lowest BCUT2D eigenvalue weighted by atomic mass is 9.95. The quantitative estimate of drug-likeness (QED) is 0.909. The molecule has 3 rings (SSSR count). The summed E-state index contributed by atoms with van der Waals surface area (Å²) in [6, 6.07) is 13.0. The van der Waals surface area contributed by atoms with Gasteiger partial charge in [-0.3, -0.25) is 9.69 Å². The van der Waals surface area contributed by atoms with Crippen molar-refractivity contribution in [2.45, 2.75) is 25.0 Å². The second-order valence-corrected chi connectivity index (χ2v) is 5.58. The SMILES string of the molecule is O=C(O)C(c1cccc2ccccc12)N1CCC(O)CC1. The lowest BCUT2D eigenvalue weighted by Gasteiger charge is -2.34. The van der Waals surface area contributed by atoms with Gasteiger partial charge < -0.3 is 10.2 Å². The topological polar surface area (TPSA) is 60.8 Å². The summed E-state index contributed by atoms with van der Waals surface area (Å²) in [5.74, 6) is -0.831. The van der Waals surface area contributed by atoms with Gasteiger partial charge in [0.1, 0.15) is 6.04 Å². The average molecular weight is 285 g/mol. The molecular weight excluding hydrogens is 266 g/mol. The van der Waals surface area contributed by atoms with Gasteiger partial charge in [-0.05, 0) is 29.2 Å². The summed E-state index contributed by atoms with van der Waals surface area (Å²) in [5, 5.41) is 21.4. The van der Waals surface area contributed by atoms with Crippen LogP contribution in [0.5, 0.6) is 0 Å². The van der Waals surface area contributed by atoms with E-state index in [1.165, 1.54) is 0 Å². The predicted molar refractivity (Wildman–Crippen MR) is 81.1 cm³/mol. The maximum atomic E-state index is 11.8. The van der Waals surface area contributed by atoms with Crippen LogP contribution >= 0.6 is 0 Å². The van der Waals surface area contributed by atoms with Crippen LogP contribution in [-0.4, -0.2) is 40.3 Å². The molecule has 2 aromatic rings. The summed E-state index contributed by atoms with van der Waals surface area (Å²) >= 11 is 0. The fourth-order valence-corrected chi connectivity index (χ4v) is 3.12. The van der Waals surface area contributed by atoms with Gasteiger partial charge in [0.25, 0.3) is 0 Å². The van der Waals surface area contributed by atoms with Gasteiger partial charge in [0, 0.05) is 13.1 Å². The van der Waals surface area contributed by atoms with Gasteiger partial charge in [0.15, 0.2) is 0 Å². The monoisotopic (exact) mass is 285 g/mol. The number of benzene rings is 2. The molecule has 4 heteroatoms. The summed E-state index contributed by atoms with van der Waals surface area (Å²) in [5.41, 5.74) is 0.831. The largest absolute Gasteiger partial charge is 0.480 e. The number of fused-ring (bicyclic) bond motifs is 1. The molecule has 0 spiro atoms. The lowest BCUT2D eigenvalue weighted by molar-refractivity contribution is -0.144. The first-order valence-electron chi connectivity index (χ1n) is 7.29. The molecule has 1 atom stereocenters. The number of aliphatic hydroxyl groups is 1. The minimum atomic E-state index is -0.831. The summed E-state index contributed by atoms with van der Waals surface area (Å²) < 4.78 is 0. The Morgan fingerprint density at radius 2 is 1.76 bits per heavy atom. The van der Waals surface area contributed by atoms with Gasteiger partial charge >= 0.3 is 5.97 Å². The minimum absolute atomic E-state index is 0.303. The molecule has 2 aromatic carbocycles. The first kappa shape index (κ1) is 14.0. The predicted octanol–water partition coefficient (Wildman–Crippen LogP) is 2.42. The van der Waals surface area contributed by atoms with Crippen molar-refractivity contribution in [3.63, 3.8) is 0 Å².